The van der Waals surface area contributed by atoms with Crippen LogP contribution in [0.1, 0.15) is 201 Å². The Morgan fingerprint density at radius 3 is 1.18 bits per heavy atom. The molecule has 1 atom stereocenters. The Kier molecular flexibility index (Phi) is 32.7. The van der Waals surface area contributed by atoms with Crippen molar-refractivity contribution in [2.45, 2.75) is 201 Å². The van der Waals surface area contributed by atoms with Gasteiger partial charge in [0.05, 0.1) is 12.5 Å². The number of unbranched alkanes of at least 4 members (excludes halogenated alkanes) is 23. The van der Waals surface area contributed by atoms with Gasteiger partial charge in [-0.2, -0.15) is 4.89 Å². The molecule has 0 aliphatic rings. The monoisotopic (exact) mass is 551 g/mol. The second-order valence-electron chi connectivity index (χ2n) is 11.9. The van der Waals surface area contributed by atoms with Crippen molar-refractivity contribution in [2.75, 3.05) is 6.61 Å². The van der Waals surface area contributed by atoms with Crippen LogP contribution in [-0.4, -0.2) is 12.6 Å². The molecule has 0 radical (unpaired) electrons. The molecule has 3 heteroatoms. The van der Waals surface area contributed by atoms with Gasteiger partial charge in [-0.3, -0.25) is 4.89 Å². The summed E-state index contributed by atoms with van der Waals surface area (Å²) in [4.78, 5) is 22.5. The van der Waals surface area contributed by atoms with Crippen LogP contribution in [0.2, 0.25) is 0 Å². The molecule has 39 heavy (non-hydrogen) atoms. The lowest BCUT2D eigenvalue weighted by Gasteiger charge is -2.14. The zero-order valence-corrected chi connectivity index (χ0v) is 27.0. The minimum atomic E-state index is -0.149. The number of carbonyl (C=O) groups excluding carboxylic acids is 1. The number of hydrogen-bond donors (Lipinski definition) is 0. The molecule has 0 aromatic carbocycles. The van der Waals surface area contributed by atoms with Crippen molar-refractivity contribution in [1.29, 1.82) is 0 Å². The Hall–Kier alpha value is -0.830. The Morgan fingerprint density at radius 1 is 0.487 bits per heavy atom. The number of allylic oxidation sites excluding steroid dienone is 2. The van der Waals surface area contributed by atoms with Gasteiger partial charge in [-0.1, -0.05) is 167 Å². The maximum atomic E-state index is 12.5. The molecule has 0 aliphatic carbocycles. The van der Waals surface area contributed by atoms with Crippen LogP contribution >= 0.6 is 0 Å². The largest absolute Gasteiger partial charge is 0.345 e. The molecule has 0 aromatic heterocycles. The summed E-state index contributed by atoms with van der Waals surface area (Å²) in [5.74, 6) is -0.143. The molecule has 0 aliphatic heterocycles. The third-order valence-corrected chi connectivity index (χ3v) is 8.06. The van der Waals surface area contributed by atoms with E-state index in [4.69, 9.17) is 9.78 Å². The molecule has 0 N–H and O–H groups in total. The quantitative estimate of drug-likeness (QED) is 0.0361. The van der Waals surface area contributed by atoms with E-state index in [0.29, 0.717) is 6.61 Å². The molecule has 0 saturated heterocycles. The second kappa shape index (κ2) is 33.4. The maximum Gasteiger partial charge on any atom is 0.345 e. The smallest absolute Gasteiger partial charge is 0.298 e. The van der Waals surface area contributed by atoms with Crippen LogP contribution in [0.5, 0.6) is 0 Å². The van der Waals surface area contributed by atoms with E-state index < -0.39 is 0 Å². The summed E-state index contributed by atoms with van der Waals surface area (Å²) in [6.07, 6.45) is 41.3. The second-order valence-corrected chi connectivity index (χ2v) is 11.9. The van der Waals surface area contributed by atoms with E-state index in [1.165, 1.54) is 154 Å². The summed E-state index contributed by atoms with van der Waals surface area (Å²) in [5, 5.41) is 0. The Morgan fingerprint density at radius 2 is 0.821 bits per heavy atom. The van der Waals surface area contributed by atoms with Gasteiger partial charge in [0.25, 0.3) is 0 Å². The molecule has 0 amide bonds. The first-order valence-electron chi connectivity index (χ1n) is 17.7. The van der Waals surface area contributed by atoms with Crippen molar-refractivity contribution in [3.63, 3.8) is 0 Å². The van der Waals surface area contributed by atoms with Gasteiger partial charge < -0.3 is 0 Å². The Labute approximate surface area is 245 Å². The molecule has 0 rings (SSSR count). The fourth-order valence-electron chi connectivity index (χ4n) is 5.44. The summed E-state index contributed by atoms with van der Waals surface area (Å²) in [5.41, 5.74) is 0. The zero-order chi connectivity index (χ0) is 28.5. The summed E-state index contributed by atoms with van der Waals surface area (Å²) in [7, 11) is 0. The molecule has 0 heterocycles. The Bertz CT molecular complexity index is 502. The molecule has 0 saturated carbocycles. The third kappa shape index (κ3) is 30.0. The highest BCUT2D eigenvalue weighted by Crippen LogP contribution is 2.21. The lowest BCUT2D eigenvalue weighted by Crippen LogP contribution is -2.18. The van der Waals surface area contributed by atoms with E-state index in [0.717, 1.165) is 25.7 Å². The van der Waals surface area contributed by atoms with Crippen LogP contribution in [0.4, 0.5) is 0 Å². The summed E-state index contributed by atoms with van der Waals surface area (Å²) in [6, 6.07) is 0. The normalized spacial score (nSPS) is 12.4. The molecule has 3 nitrogen and oxygen atoms in total. The molecule has 0 aromatic rings. The van der Waals surface area contributed by atoms with E-state index in [-0.39, 0.29) is 11.9 Å². The first-order chi connectivity index (χ1) is 19.3. The van der Waals surface area contributed by atoms with Gasteiger partial charge in [0.15, 0.2) is 0 Å². The van der Waals surface area contributed by atoms with Gasteiger partial charge >= 0.3 is 5.97 Å². The summed E-state index contributed by atoms with van der Waals surface area (Å²) >= 11 is 0. The van der Waals surface area contributed by atoms with Crippen LogP contribution in [-0.2, 0) is 14.6 Å². The van der Waals surface area contributed by atoms with Crippen molar-refractivity contribution in [3.05, 3.63) is 12.2 Å². The van der Waals surface area contributed by atoms with Gasteiger partial charge in [-0.15, -0.1) is 0 Å². The first kappa shape index (κ1) is 38.2. The van der Waals surface area contributed by atoms with Crippen molar-refractivity contribution in [1.82, 2.24) is 0 Å². The number of carbonyl (C=O) groups is 1. The minimum absolute atomic E-state index is 0.00565. The van der Waals surface area contributed by atoms with Crippen LogP contribution in [0.3, 0.4) is 0 Å². The average molecular weight is 551 g/mol. The fourth-order valence-corrected chi connectivity index (χ4v) is 5.44. The highest BCUT2D eigenvalue weighted by molar-refractivity contribution is 5.71. The van der Waals surface area contributed by atoms with Crippen LogP contribution in [0, 0.1) is 5.92 Å². The number of hydrogen-bond acceptors (Lipinski definition) is 3. The van der Waals surface area contributed by atoms with Crippen LogP contribution < -0.4 is 0 Å². The van der Waals surface area contributed by atoms with Crippen molar-refractivity contribution in [3.8, 4) is 0 Å². The van der Waals surface area contributed by atoms with Crippen molar-refractivity contribution < 1.29 is 14.6 Å². The summed E-state index contributed by atoms with van der Waals surface area (Å²) < 4.78 is 0. The third-order valence-electron chi connectivity index (χ3n) is 8.06. The van der Waals surface area contributed by atoms with Gasteiger partial charge in [0, 0.05) is 0 Å². The molecule has 232 valence electrons. The lowest BCUT2D eigenvalue weighted by atomic mass is 9.94. The summed E-state index contributed by atoms with van der Waals surface area (Å²) in [6.45, 7) is 6.84. The highest BCUT2D eigenvalue weighted by atomic mass is 17.2. The minimum Gasteiger partial charge on any atom is -0.298 e. The zero-order valence-electron chi connectivity index (χ0n) is 27.0. The predicted molar refractivity (Wildman–Crippen MR) is 171 cm³/mol. The van der Waals surface area contributed by atoms with Gasteiger partial charge in [0.1, 0.15) is 0 Å². The van der Waals surface area contributed by atoms with E-state index in [1.807, 2.05) is 6.92 Å². The molecule has 0 bridgehead atoms. The first-order valence-corrected chi connectivity index (χ1v) is 17.7. The van der Waals surface area contributed by atoms with Crippen LogP contribution in [0.25, 0.3) is 0 Å². The molecule has 1 unspecified atom stereocenters. The van der Waals surface area contributed by atoms with Gasteiger partial charge in [0.2, 0.25) is 0 Å². The Balaban J connectivity index is 3.76. The number of rotatable bonds is 32. The topological polar surface area (TPSA) is 35.5 Å². The lowest BCUT2D eigenvalue weighted by molar-refractivity contribution is -0.273. The highest BCUT2D eigenvalue weighted by Gasteiger charge is 2.20. The maximum absolute atomic E-state index is 12.5. The van der Waals surface area contributed by atoms with Crippen LogP contribution in [0.15, 0.2) is 12.2 Å². The van der Waals surface area contributed by atoms with Crippen molar-refractivity contribution in [2.24, 2.45) is 5.92 Å². The fraction of sp³-hybridized carbons (Fsp3) is 0.917. The van der Waals surface area contributed by atoms with E-state index in [1.54, 1.807) is 0 Å². The van der Waals surface area contributed by atoms with E-state index in [9.17, 15) is 4.79 Å². The van der Waals surface area contributed by atoms with Gasteiger partial charge in [-0.25, -0.2) is 4.79 Å². The standard InChI is InChI=1S/C36H70O3/c1-4-7-9-11-13-15-17-19-21-23-25-27-29-31-33-35(36(37)39-38-6-3)34-32-30-28-26-24-22-20-18-16-14-12-10-8-5-2/h19,21,35H,4-18,20,22-34H2,1-3H3. The predicted octanol–water partition coefficient (Wildman–Crippen LogP) is 12.6. The van der Waals surface area contributed by atoms with Gasteiger partial charge in [-0.05, 0) is 45.4 Å². The molecule has 0 fully saturated rings. The van der Waals surface area contributed by atoms with Crippen molar-refractivity contribution >= 4 is 5.97 Å². The molecule has 0 spiro atoms. The average Bonchev–Trinajstić information content (AvgIpc) is 2.95. The molecular formula is C36H70O3. The molecular weight excluding hydrogens is 480 g/mol. The SMILES string of the molecule is CCCCCCCCC=CCCCCCCC(CCCCCCCCCCCCCCCC)C(=O)OOCC. The van der Waals surface area contributed by atoms with E-state index >= 15 is 0 Å². The van der Waals surface area contributed by atoms with E-state index in [2.05, 4.69) is 26.0 Å².